The van der Waals surface area contributed by atoms with Crippen LogP contribution in [0.1, 0.15) is 19.4 Å². The number of anilines is 1. The van der Waals surface area contributed by atoms with Gasteiger partial charge in [-0.2, -0.15) is 13.2 Å². The van der Waals surface area contributed by atoms with Crippen molar-refractivity contribution in [1.82, 2.24) is 0 Å². The molecule has 1 amide bonds. The summed E-state index contributed by atoms with van der Waals surface area (Å²) in [5, 5.41) is 11.5. The molecule has 3 nitrogen and oxygen atoms in total. The zero-order valence-corrected chi connectivity index (χ0v) is 9.80. The predicted molar refractivity (Wildman–Crippen MR) is 61.1 cm³/mol. The molecule has 2 N–H and O–H groups in total. The van der Waals surface area contributed by atoms with Crippen molar-refractivity contribution >= 4 is 11.6 Å². The van der Waals surface area contributed by atoms with Crippen LogP contribution in [0.15, 0.2) is 35.6 Å². The molecule has 0 fully saturated rings. The standard InChI is InChI=1S/C12H12F3NO2/c1-7(8(2)17)11(18)16-10-5-3-9(4-6-10)12(13,14)15/h3-6,17H,1-2H3,(H,16,18)/b8-7+. The smallest absolute Gasteiger partial charge is 0.416 e. The summed E-state index contributed by atoms with van der Waals surface area (Å²) in [7, 11) is 0. The molecule has 0 saturated heterocycles. The lowest BCUT2D eigenvalue weighted by atomic mass is 10.2. The Labute approximate surface area is 102 Å². The molecule has 0 radical (unpaired) electrons. The lowest BCUT2D eigenvalue weighted by Gasteiger charge is -2.09. The average Bonchev–Trinajstić information content (AvgIpc) is 2.27. The Morgan fingerprint density at radius 1 is 1.17 bits per heavy atom. The molecular formula is C12H12F3NO2. The Hall–Kier alpha value is -1.98. The van der Waals surface area contributed by atoms with E-state index in [1.807, 2.05) is 0 Å². The molecule has 1 aromatic rings. The SMILES string of the molecule is C/C(O)=C(/C)C(=O)Nc1ccc(C(F)(F)F)cc1. The topological polar surface area (TPSA) is 49.3 Å². The highest BCUT2D eigenvalue weighted by molar-refractivity contribution is 6.03. The van der Waals surface area contributed by atoms with Crippen molar-refractivity contribution in [2.45, 2.75) is 20.0 Å². The Morgan fingerprint density at radius 3 is 2.06 bits per heavy atom. The van der Waals surface area contributed by atoms with Gasteiger partial charge in [-0.05, 0) is 38.1 Å². The molecule has 0 aromatic heterocycles. The second-order valence-electron chi connectivity index (χ2n) is 3.74. The van der Waals surface area contributed by atoms with Crippen LogP contribution < -0.4 is 5.32 Å². The van der Waals surface area contributed by atoms with E-state index in [0.717, 1.165) is 24.3 Å². The first-order valence-corrected chi connectivity index (χ1v) is 5.07. The fourth-order valence-electron chi connectivity index (χ4n) is 1.13. The van der Waals surface area contributed by atoms with Gasteiger partial charge in [0, 0.05) is 5.69 Å². The second-order valence-corrected chi connectivity index (χ2v) is 3.74. The van der Waals surface area contributed by atoms with E-state index in [-0.39, 0.29) is 17.0 Å². The maximum atomic E-state index is 12.3. The van der Waals surface area contributed by atoms with E-state index in [1.165, 1.54) is 13.8 Å². The third kappa shape index (κ3) is 3.51. The van der Waals surface area contributed by atoms with Gasteiger partial charge >= 0.3 is 6.18 Å². The first-order chi connectivity index (χ1) is 8.21. The zero-order chi connectivity index (χ0) is 13.9. The van der Waals surface area contributed by atoms with Crippen molar-refractivity contribution in [3.05, 3.63) is 41.2 Å². The van der Waals surface area contributed by atoms with Crippen LogP contribution in [-0.4, -0.2) is 11.0 Å². The number of hydrogen-bond donors (Lipinski definition) is 2. The molecule has 0 bridgehead atoms. The Morgan fingerprint density at radius 2 is 1.67 bits per heavy atom. The lowest BCUT2D eigenvalue weighted by molar-refractivity contribution is -0.137. The van der Waals surface area contributed by atoms with E-state index in [2.05, 4.69) is 5.32 Å². The maximum absolute atomic E-state index is 12.3. The van der Waals surface area contributed by atoms with E-state index in [1.54, 1.807) is 0 Å². The minimum absolute atomic E-state index is 0.106. The average molecular weight is 259 g/mol. The molecule has 0 heterocycles. The number of benzene rings is 1. The normalized spacial score (nSPS) is 12.9. The number of aliphatic hydroxyl groups is 1. The Kier molecular flexibility index (Phi) is 4.00. The number of aliphatic hydroxyl groups excluding tert-OH is 1. The van der Waals surface area contributed by atoms with Gasteiger partial charge in [0.25, 0.3) is 5.91 Å². The van der Waals surface area contributed by atoms with Crippen LogP contribution in [0.4, 0.5) is 18.9 Å². The summed E-state index contributed by atoms with van der Waals surface area (Å²) in [4.78, 5) is 11.5. The van der Waals surface area contributed by atoms with E-state index in [4.69, 9.17) is 5.11 Å². The highest BCUT2D eigenvalue weighted by Crippen LogP contribution is 2.29. The molecule has 0 aliphatic rings. The van der Waals surface area contributed by atoms with Crippen molar-refractivity contribution in [3.8, 4) is 0 Å². The summed E-state index contributed by atoms with van der Waals surface area (Å²) in [6.07, 6.45) is -4.40. The van der Waals surface area contributed by atoms with Gasteiger partial charge in [0.1, 0.15) is 0 Å². The molecule has 18 heavy (non-hydrogen) atoms. The van der Waals surface area contributed by atoms with Crippen LogP contribution >= 0.6 is 0 Å². The summed E-state index contributed by atoms with van der Waals surface area (Å²) in [5.74, 6) is -0.700. The Balaban J connectivity index is 2.83. The number of nitrogens with one attached hydrogen (secondary N) is 1. The number of halogens is 3. The van der Waals surface area contributed by atoms with Crippen molar-refractivity contribution < 1.29 is 23.1 Å². The van der Waals surface area contributed by atoms with Crippen molar-refractivity contribution in [2.75, 3.05) is 5.32 Å². The molecule has 0 atom stereocenters. The van der Waals surface area contributed by atoms with Crippen LogP contribution in [0, 0.1) is 0 Å². The predicted octanol–water partition coefficient (Wildman–Crippen LogP) is 3.50. The maximum Gasteiger partial charge on any atom is 0.416 e. The fraction of sp³-hybridized carbons (Fsp3) is 0.250. The largest absolute Gasteiger partial charge is 0.512 e. The minimum Gasteiger partial charge on any atom is -0.512 e. The van der Waals surface area contributed by atoms with E-state index in [9.17, 15) is 18.0 Å². The highest BCUT2D eigenvalue weighted by atomic mass is 19.4. The molecule has 0 unspecified atom stereocenters. The van der Waals surface area contributed by atoms with Crippen LogP contribution in [-0.2, 0) is 11.0 Å². The molecule has 1 aromatic carbocycles. The summed E-state index contributed by atoms with van der Waals surface area (Å²) in [5.41, 5.74) is -0.449. The van der Waals surface area contributed by atoms with Gasteiger partial charge < -0.3 is 10.4 Å². The number of hydrogen-bond acceptors (Lipinski definition) is 2. The Bertz CT molecular complexity index is 471. The van der Waals surface area contributed by atoms with Gasteiger partial charge in [-0.15, -0.1) is 0 Å². The van der Waals surface area contributed by atoms with Crippen LogP contribution in [0.3, 0.4) is 0 Å². The molecule has 0 aliphatic carbocycles. The third-order valence-electron chi connectivity index (χ3n) is 2.35. The van der Waals surface area contributed by atoms with E-state index < -0.39 is 17.6 Å². The molecule has 98 valence electrons. The summed E-state index contributed by atoms with van der Waals surface area (Å²) in [6, 6.07) is 4.06. The third-order valence-corrected chi connectivity index (χ3v) is 2.35. The summed E-state index contributed by atoms with van der Waals surface area (Å²) < 4.78 is 36.9. The quantitative estimate of drug-likeness (QED) is 0.631. The number of alkyl halides is 3. The molecule has 0 saturated carbocycles. The monoisotopic (exact) mass is 259 g/mol. The number of allylic oxidation sites excluding steroid dienone is 1. The number of carbonyl (C=O) groups is 1. The van der Waals surface area contributed by atoms with Gasteiger partial charge in [-0.25, -0.2) is 0 Å². The van der Waals surface area contributed by atoms with Crippen molar-refractivity contribution in [2.24, 2.45) is 0 Å². The lowest BCUT2D eigenvalue weighted by Crippen LogP contribution is -2.14. The summed E-state index contributed by atoms with van der Waals surface area (Å²) >= 11 is 0. The van der Waals surface area contributed by atoms with E-state index >= 15 is 0 Å². The first kappa shape index (κ1) is 14.1. The number of amides is 1. The van der Waals surface area contributed by atoms with Gasteiger partial charge in [-0.3, -0.25) is 4.79 Å². The minimum atomic E-state index is -4.40. The van der Waals surface area contributed by atoms with Gasteiger partial charge in [0.05, 0.1) is 16.9 Å². The van der Waals surface area contributed by atoms with Crippen molar-refractivity contribution in [1.29, 1.82) is 0 Å². The number of rotatable bonds is 2. The van der Waals surface area contributed by atoms with Crippen LogP contribution in [0.2, 0.25) is 0 Å². The number of carbonyl (C=O) groups excluding carboxylic acids is 1. The molecule has 6 heteroatoms. The van der Waals surface area contributed by atoms with Gasteiger partial charge in [0.15, 0.2) is 0 Å². The van der Waals surface area contributed by atoms with Crippen LogP contribution in [0.25, 0.3) is 0 Å². The highest BCUT2D eigenvalue weighted by Gasteiger charge is 2.29. The van der Waals surface area contributed by atoms with Crippen LogP contribution in [0.5, 0.6) is 0 Å². The molecule has 0 spiro atoms. The fourth-order valence-corrected chi connectivity index (χ4v) is 1.13. The van der Waals surface area contributed by atoms with Gasteiger partial charge in [-0.1, -0.05) is 0 Å². The second kappa shape index (κ2) is 5.12. The van der Waals surface area contributed by atoms with E-state index in [0.29, 0.717) is 0 Å². The first-order valence-electron chi connectivity index (χ1n) is 5.07. The molecular weight excluding hydrogens is 247 g/mol. The van der Waals surface area contributed by atoms with Crippen molar-refractivity contribution in [3.63, 3.8) is 0 Å². The summed E-state index contributed by atoms with van der Waals surface area (Å²) in [6.45, 7) is 2.76. The van der Waals surface area contributed by atoms with Gasteiger partial charge in [0.2, 0.25) is 0 Å². The molecule has 1 rings (SSSR count). The molecule has 0 aliphatic heterocycles. The zero-order valence-electron chi connectivity index (χ0n) is 9.80.